The quantitative estimate of drug-likeness (QED) is 0.941. The smallest absolute Gasteiger partial charge is 0.125 e. The molecule has 2 rings (SSSR count). The lowest BCUT2D eigenvalue weighted by Crippen LogP contribution is -2.03. The van der Waals surface area contributed by atoms with Crippen LogP contribution in [0.2, 0.25) is 0 Å². The van der Waals surface area contributed by atoms with Gasteiger partial charge >= 0.3 is 0 Å². The molecular weight excluding hydrogens is 278 g/mol. The summed E-state index contributed by atoms with van der Waals surface area (Å²) in [7, 11) is 0. The molecule has 0 aliphatic heterocycles. The van der Waals surface area contributed by atoms with E-state index in [-0.39, 0.29) is 0 Å². The Morgan fingerprint density at radius 2 is 2.06 bits per heavy atom. The molecule has 1 heterocycles. The molecule has 0 saturated heterocycles. The third-order valence-electron chi connectivity index (χ3n) is 2.49. The second-order valence-electron chi connectivity index (χ2n) is 3.89. The number of anilines is 1. The summed E-state index contributed by atoms with van der Waals surface area (Å²) in [5.41, 5.74) is 3.29. The molecular formula is C13H14BrN3. The van der Waals surface area contributed by atoms with E-state index in [9.17, 15) is 0 Å². The molecule has 0 aliphatic carbocycles. The van der Waals surface area contributed by atoms with Gasteiger partial charge in [-0.2, -0.15) is 0 Å². The van der Waals surface area contributed by atoms with Crippen molar-refractivity contribution in [2.24, 2.45) is 0 Å². The number of hydrogen-bond acceptors (Lipinski definition) is 3. The van der Waals surface area contributed by atoms with Gasteiger partial charge in [-0.25, -0.2) is 9.97 Å². The Bertz CT molecular complexity index is 526. The van der Waals surface area contributed by atoms with Gasteiger partial charge in [0.25, 0.3) is 0 Å². The molecule has 0 amide bonds. The van der Waals surface area contributed by atoms with Crippen LogP contribution in [0.15, 0.2) is 34.9 Å². The zero-order chi connectivity index (χ0) is 12.3. The fraction of sp³-hybridized carbons (Fsp3) is 0.231. The van der Waals surface area contributed by atoms with Crippen molar-refractivity contribution in [1.82, 2.24) is 9.97 Å². The van der Waals surface area contributed by atoms with E-state index in [4.69, 9.17) is 0 Å². The van der Waals surface area contributed by atoms with Gasteiger partial charge in [0.2, 0.25) is 0 Å². The number of nitrogens with zero attached hydrogens (tertiary/aromatic N) is 2. The van der Waals surface area contributed by atoms with Crippen molar-refractivity contribution in [3.8, 4) is 0 Å². The largest absolute Gasteiger partial charge is 0.378 e. The molecule has 0 unspecified atom stereocenters. The van der Waals surface area contributed by atoms with Crippen LogP contribution in [0.4, 0.5) is 5.69 Å². The number of rotatable bonds is 3. The SMILES string of the molecule is Cc1nccc(CNc2cccc(C)c2Br)n1. The molecule has 1 aromatic heterocycles. The lowest BCUT2D eigenvalue weighted by atomic mass is 10.2. The number of hydrogen-bond donors (Lipinski definition) is 1. The van der Waals surface area contributed by atoms with Gasteiger partial charge < -0.3 is 5.32 Å². The fourth-order valence-electron chi connectivity index (χ4n) is 1.57. The van der Waals surface area contributed by atoms with Gasteiger partial charge in [-0.3, -0.25) is 0 Å². The molecule has 1 aromatic carbocycles. The van der Waals surface area contributed by atoms with Gasteiger partial charge in [-0.15, -0.1) is 0 Å². The lowest BCUT2D eigenvalue weighted by molar-refractivity contribution is 0.954. The molecule has 1 N–H and O–H groups in total. The highest BCUT2D eigenvalue weighted by molar-refractivity contribution is 9.10. The highest BCUT2D eigenvalue weighted by Gasteiger charge is 2.02. The van der Waals surface area contributed by atoms with E-state index in [1.165, 1.54) is 5.56 Å². The molecule has 3 nitrogen and oxygen atoms in total. The number of benzene rings is 1. The van der Waals surface area contributed by atoms with E-state index in [2.05, 4.69) is 44.2 Å². The number of aryl methyl sites for hydroxylation is 2. The van der Waals surface area contributed by atoms with Crippen LogP contribution in [-0.4, -0.2) is 9.97 Å². The Hall–Kier alpha value is -1.42. The van der Waals surface area contributed by atoms with Gasteiger partial charge in [0.05, 0.1) is 12.2 Å². The van der Waals surface area contributed by atoms with Crippen LogP contribution in [0.5, 0.6) is 0 Å². The molecule has 88 valence electrons. The van der Waals surface area contributed by atoms with E-state index in [0.29, 0.717) is 6.54 Å². The van der Waals surface area contributed by atoms with E-state index in [0.717, 1.165) is 21.7 Å². The predicted molar refractivity (Wildman–Crippen MR) is 73.0 cm³/mol. The standard InChI is InChI=1S/C13H14BrN3/c1-9-4-3-5-12(13(9)14)16-8-11-6-7-15-10(2)17-11/h3-7,16H,8H2,1-2H3. The van der Waals surface area contributed by atoms with Gasteiger partial charge in [0, 0.05) is 16.4 Å². The van der Waals surface area contributed by atoms with Crippen LogP contribution in [-0.2, 0) is 6.54 Å². The fourth-order valence-corrected chi connectivity index (χ4v) is 1.98. The average Bonchev–Trinajstić information content (AvgIpc) is 2.31. The maximum Gasteiger partial charge on any atom is 0.125 e. The first-order valence-corrected chi connectivity index (χ1v) is 6.23. The maximum absolute atomic E-state index is 4.35. The first-order valence-electron chi connectivity index (χ1n) is 5.44. The minimum Gasteiger partial charge on any atom is -0.378 e. The van der Waals surface area contributed by atoms with Crippen molar-refractivity contribution < 1.29 is 0 Å². The molecule has 0 fully saturated rings. The third kappa shape index (κ3) is 3.03. The molecule has 0 saturated carbocycles. The van der Waals surface area contributed by atoms with Crippen molar-refractivity contribution >= 4 is 21.6 Å². The summed E-state index contributed by atoms with van der Waals surface area (Å²) in [6.45, 7) is 4.67. The van der Waals surface area contributed by atoms with Crippen molar-refractivity contribution in [1.29, 1.82) is 0 Å². The zero-order valence-corrected chi connectivity index (χ0v) is 11.5. The summed E-state index contributed by atoms with van der Waals surface area (Å²) in [5, 5.41) is 3.36. The van der Waals surface area contributed by atoms with Crippen LogP contribution >= 0.6 is 15.9 Å². The molecule has 0 bridgehead atoms. The number of halogens is 1. The van der Waals surface area contributed by atoms with Gasteiger partial charge in [-0.05, 0) is 47.5 Å². The molecule has 0 spiro atoms. The Morgan fingerprint density at radius 1 is 1.24 bits per heavy atom. The van der Waals surface area contributed by atoms with Gasteiger partial charge in [-0.1, -0.05) is 12.1 Å². The van der Waals surface area contributed by atoms with Crippen LogP contribution in [0, 0.1) is 13.8 Å². The van der Waals surface area contributed by atoms with Crippen molar-refractivity contribution in [2.45, 2.75) is 20.4 Å². The number of nitrogens with one attached hydrogen (secondary N) is 1. The van der Waals surface area contributed by atoms with Crippen molar-refractivity contribution in [2.75, 3.05) is 5.32 Å². The molecule has 17 heavy (non-hydrogen) atoms. The van der Waals surface area contributed by atoms with E-state index in [1.54, 1.807) is 6.20 Å². The summed E-state index contributed by atoms with van der Waals surface area (Å²) in [6, 6.07) is 8.08. The summed E-state index contributed by atoms with van der Waals surface area (Å²) < 4.78 is 1.10. The second-order valence-corrected chi connectivity index (χ2v) is 4.68. The Morgan fingerprint density at radius 3 is 2.82 bits per heavy atom. The molecule has 0 radical (unpaired) electrons. The lowest BCUT2D eigenvalue weighted by Gasteiger charge is -2.09. The molecule has 2 aromatic rings. The second kappa shape index (κ2) is 5.27. The maximum atomic E-state index is 4.35. The summed E-state index contributed by atoms with van der Waals surface area (Å²) in [6.07, 6.45) is 1.78. The van der Waals surface area contributed by atoms with Crippen LogP contribution in [0.25, 0.3) is 0 Å². The van der Waals surface area contributed by atoms with Crippen molar-refractivity contribution in [3.05, 3.63) is 52.0 Å². The zero-order valence-electron chi connectivity index (χ0n) is 9.87. The summed E-state index contributed by atoms with van der Waals surface area (Å²) >= 11 is 3.57. The number of aromatic nitrogens is 2. The van der Waals surface area contributed by atoms with Crippen LogP contribution in [0.3, 0.4) is 0 Å². The highest BCUT2D eigenvalue weighted by atomic mass is 79.9. The summed E-state index contributed by atoms with van der Waals surface area (Å²) in [4.78, 5) is 8.43. The normalized spacial score (nSPS) is 10.3. The average molecular weight is 292 g/mol. The predicted octanol–water partition coefficient (Wildman–Crippen LogP) is 3.47. The van der Waals surface area contributed by atoms with Crippen LogP contribution < -0.4 is 5.32 Å². The molecule has 0 atom stereocenters. The van der Waals surface area contributed by atoms with Gasteiger partial charge in [0.15, 0.2) is 0 Å². The minimum atomic E-state index is 0.700. The molecule has 0 aliphatic rings. The van der Waals surface area contributed by atoms with E-state index in [1.807, 2.05) is 25.1 Å². The first kappa shape index (κ1) is 12.0. The minimum absolute atomic E-state index is 0.700. The first-order chi connectivity index (χ1) is 8.16. The van der Waals surface area contributed by atoms with E-state index >= 15 is 0 Å². The Labute approximate surface area is 109 Å². The third-order valence-corrected chi connectivity index (χ3v) is 3.54. The van der Waals surface area contributed by atoms with Crippen LogP contribution in [0.1, 0.15) is 17.1 Å². The molecule has 4 heteroatoms. The highest BCUT2D eigenvalue weighted by Crippen LogP contribution is 2.25. The Kier molecular flexibility index (Phi) is 3.74. The Balaban J connectivity index is 2.10. The monoisotopic (exact) mass is 291 g/mol. The van der Waals surface area contributed by atoms with Crippen molar-refractivity contribution in [3.63, 3.8) is 0 Å². The van der Waals surface area contributed by atoms with Gasteiger partial charge in [0.1, 0.15) is 5.82 Å². The van der Waals surface area contributed by atoms with E-state index < -0.39 is 0 Å². The summed E-state index contributed by atoms with van der Waals surface area (Å²) in [5.74, 6) is 0.799. The topological polar surface area (TPSA) is 37.8 Å².